The molecule has 106 valence electrons. The number of aliphatic hydroxyl groups is 2. The van der Waals surface area contributed by atoms with Gasteiger partial charge in [0.2, 0.25) is 5.91 Å². The lowest BCUT2D eigenvalue weighted by Crippen LogP contribution is -2.48. The van der Waals surface area contributed by atoms with Gasteiger partial charge in [0.1, 0.15) is 0 Å². The zero-order valence-electron chi connectivity index (χ0n) is 11.0. The molecule has 1 saturated heterocycles. The fourth-order valence-corrected chi connectivity index (χ4v) is 3.10. The maximum absolute atomic E-state index is 12.1. The first kappa shape index (κ1) is 14.5. The van der Waals surface area contributed by atoms with Crippen LogP contribution in [-0.2, 0) is 11.3 Å². The highest BCUT2D eigenvalue weighted by molar-refractivity contribution is 7.09. The molecule has 0 saturated carbocycles. The lowest BCUT2D eigenvalue weighted by molar-refractivity contribution is -0.126. The Labute approximate surface area is 116 Å². The number of carbonyl (C=O) groups excluding carboxylic acids is 1. The zero-order chi connectivity index (χ0) is 13.8. The molecule has 0 spiro atoms. The molecule has 1 aromatic rings. The highest BCUT2D eigenvalue weighted by Crippen LogP contribution is 2.20. The van der Waals surface area contributed by atoms with Gasteiger partial charge in [-0.1, -0.05) is 6.07 Å². The first-order valence-electron chi connectivity index (χ1n) is 6.46. The van der Waals surface area contributed by atoms with Crippen molar-refractivity contribution >= 4 is 17.2 Å². The van der Waals surface area contributed by atoms with E-state index in [0.717, 1.165) is 4.88 Å². The van der Waals surface area contributed by atoms with Gasteiger partial charge in [0.25, 0.3) is 0 Å². The van der Waals surface area contributed by atoms with E-state index in [-0.39, 0.29) is 24.6 Å². The van der Waals surface area contributed by atoms with E-state index in [1.54, 1.807) is 11.3 Å². The van der Waals surface area contributed by atoms with Crippen LogP contribution in [0.1, 0.15) is 18.2 Å². The summed E-state index contributed by atoms with van der Waals surface area (Å²) >= 11 is 1.61. The van der Waals surface area contributed by atoms with E-state index in [1.165, 1.54) is 0 Å². The fourth-order valence-electron chi connectivity index (χ4n) is 2.46. The van der Waals surface area contributed by atoms with Crippen molar-refractivity contribution in [3.63, 3.8) is 0 Å². The third-order valence-corrected chi connectivity index (χ3v) is 4.42. The smallest absolute Gasteiger partial charge is 0.237 e. The number of likely N-dealkylation sites (tertiary alicyclic amines) is 1. The number of β-amino-alcohol motifs (C(OH)–C–C–N with tert-alkyl or cyclic N) is 1. The quantitative estimate of drug-likeness (QED) is 0.721. The van der Waals surface area contributed by atoms with Crippen LogP contribution in [0.25, 0.3) is 0 Å². The molecule has 19 heavy (non-hydrogen) atoms. The summed E-state index contributed by atoms with van der Waals surface area (Å²) in [5, 5.41) is 23.8. The zero-order valence-corrected chi connectivity index (χ0v) is 11.8. The Bertz CT molecular complexity index is 410. The Kier molecular flexibility index (Phi) is 4.93. The van der Waals surface area contributed by atoms with Crippen molar-refractivity contribution in [2.24, 2.45) is 0 Å². The number of thiophene rings is 1. The van der Waals surface area contributed by atoms with Gasteiger partial charge in [0, 0.05) is 17.5 Å². The molecular formula is C13H20N2O3S. The minimum Gasteiger partial charge on any atom is -0.395 e. The van der Waals surface area contributed by atoms with Gasteiger partial charge >= 0.3 is 0 Å². The lowest BCUT2D eigenvalue weighted by atomic mass is 10.2. The van der Waals surface area contributed by atoms with Crippen LogP contribution in [0.5, 0.6) is 0 Å². The number of nitrogens with zero attached hydrogens (tertiary/aromatic N) is 1. The predicted octanol–water partition coefficient (Wildman–Crippen LogP) is 0.180. The Hall–Kier alpha value is -0.950. The van der Waals surface area contributed by atoms with Crippen LogP contribution in [-0.4, -0.2) is 52.4 Å². The minimum atomic E-state index is -0.454. The molecule has 2 rings (SSSR count). The maximum Gasteiger partial charge on any atom is 0.237 e. The van der Waals surface area contributed by atoms with Crippen molar-refractivity contribution in [3.05, 3.63) is 22.4 Å². The van der Waals surface area contributed by atoms with Gasteiger partial charge in [-0.05, 0) is 24.8 Å². The predicted molar refractivity (Wildman–Crippen MR) is 73.8 cm³/mol. The molecule has 0 aliphatic carbocycles. The van der Waals surface area contributed by atoms with E-state index in [2.05, 4.69) is 5.32 Å². The molecule has 0 radical (unpaired) electrons. The first-order chi connectivity index (χ1) is 9.11. The van der Waals surface area contributed by atoms with Gasteiger partial charge in [0.05, 0.1) is 25.3 Å². The second-order valence-electron chi connectivity index (χ2n) is 4.90. The van der Waals surface area contributed by atoms with Gasteiger partial charge < -0.3 is 15.5 Å². The molecule has 1 unspecified atom stereocenters. The molecule has 6 heteroatoms. The van der Waals surface area contributed by atoms with Crippen molar-refractivity contribution in [3.8, 4) is 0 Å². The van der Waals surface area contributed by atoms with Gasteiger partial charge in [-0.15, -0.1) is 11.3 Å². The fraction of sp³-hybridized carbons (Fsp3) is 0.615. The van der Waals surface area contributed by atoms with Crippen LogP contribution in [0.15, 0.2) is 17.5 Å². The highest BCUT2D eigenvalue weighted by Gasteiger charge is 2.35. The molecule has 3 atom stereocenters. The van der Waals surface area contributed by atoms with E-state index in [4.69, 9.17) is 0 Å². The number of aliphatic hydroxyl groups excluding tert-OH is 2. The van der Waals surface area contributed by atoms with Crippen molar-refractivity contribution in [2.75, 3.05) is 13.2 Å². The van der Waals surface area contributed by atoms with Crippen LogP contribution < -0.4 is 5.32 Å². The molecule has 1 fully saturated rings. The van der Waals surface area contributed by atoms with Crippen molar-refractivity contribution in [2.45, 2.75) is 38.1 Å². The Balaban J connectivity index is 1.87. The largest absolute Gasteiger partial charge is 0.395 e. The SMILES string of the molecule is CC(C(=O)NCc1cccs1)N1C[C@@H](O)C[C@H]1CO. The second-order valence-corrected chi connectivity index (χ2v) is 5.93. The van der Waals surface area contributed by atoms with Crippen LogP contribution in [0.2, 0.25) is 0 Å². The van der Waals surface area contributed by atoms with Crippen molar-refractivity contribution in [1.82, 2.24) is 10.2 Å². The standard InChI is InChI=1S/C13H20N2O3S/c1-9(15-7-11(17)5-10(15)8-16)13(18)14-6-12-3-2-4-19-12/h2-4,9-11,16-17H,5-8H2,1H3,(H,14,18)/t9?,10-,11-/m0/s1. The molecule has 1 aliphatic rings. The number of hydrogen-bond donors (Lipinski definition) is 3. The van der Waals surface area contributed by atoms with Gasteiger partial charge in [-0.2, -0.15) is 0 Å². The maximum atomic E-state index is 12.1. The summed E-state index contributed by atoms with van der Waals surface area (Å²) in [6.07, 6.45) is 0.0728. The monoisotopic (exact) mass is 284 g/mol. The molecule has 1 aliphatic heterocycles. The molecule has 3 N–H and O–H groups in total. The molecule has 0 bridgehead atoms. The summed E-state index contributed by atoms with van der Waals surface area (Å²) in [7, 11) is 0. The number of rotatable bonds is 5. The number of nitrogens with one attached hydrogen (secondary N) is 1. The average molecular weight is 284 g/mol. The normalized spacial score (nSPS) is 25.4. The Morgan fingerprint density at radius 1 is 1.68 bits per heavy atom. The first-order valence-corrected chi connectivity index (χ1v) is 7.34. The molecule has 1 amide bonds. The van der Waals surface area contributed by atoms with Gasteiger partial charge in [-0.3, -0.25) is 9.69 Å². The number of carbonyl (C=O) groups is 1. The Morgan fingerprint density at radius 2 is 2.47 bits per heavy atom. The molecule has 0 aromatic carbocycles. The van der Waals surface area contributed by atoms with Gasteiger partial charge in [-0.25, -0.2) is 0 Å². The highest BCUT2D eigenvalue weighted by atomic mass is 32.1. The van der Waals surface area contributed by atoms with E-state index in [9.17, 15) is 15.0 Å². The van der Waals surface area contributed by atoms with Gasteiger partial charge in [0.15, 0.2) is 0 Å². The van der Waals surface area contributed by atoms with Crippen molar-refractivity contribution < 1.29 is 15.0 Å². The molecular weight excluding hydrogens is 264 g/mol. The molecule has 5 nitrogen and oxygen atoms in total. The summed E-state index contributed by atoms with van der Waals surface area (Å²) < 4.78 is 0. The van der Waals surface area contributed by atoms with Crippen LogP contribution in [0.4, 0.5) is 0 Å². The summed E-state index contributed by atoms with van der Waals surface area (Å²) in [5.41, 5.74) is 0. The van der Waals surface area contributed by atoms with E-state index < -0.39 is 6.10 Å². The van der Waals surface area contributed by atoms with E-state index >= 15 is 0 Å². The number of hydrogen-bond acceptors (Lipinski definition) is 5. The van der Waals surface area contributed by atoms with Crippen LogP contribution in [0.3, 0.4) is 0 Å². The molecule has 1 aromatic heterocycles. The van der Waals surface area contributed by atoms with Crippen LogP contribution in [0, 0.1) is 0 Å². The third-order valence-electron chi connectivity index (χ3n) is 3.54. The minimum absolute atomic E-state index is 0.0282. The number of amides is 1. The summed E-state index contributed by atoms with van der Waals surface area (Å²) in [4.78, 5) is 15.1. The third kappa shape index (κ3) is 3.54. The van der Waals surface area contributed by atoms with Crippen molar-refractivity contribution in [1.29, 1.82) is 0 Å². The average Bonchev–Trinajstić information content (AvgIpc) is 3.03. The summed E-state index contributed by atoms with van der Waals surface area (Å²) in [6.45, 7) is 2.75. The summed E-state index contributed by atoms with van der Waals surface area (Å²) in [6, 6.07) is 3.46. The van der Waals surface area contributed by atoms with E-state index in [0.29, 0.717) is 19.5 Å². The topological polar surface area (TPSA) is 72.8 Å². The van der Waals surface area contributed by atoms with E-state index in [1.807, 2.05) is 29.3 Å². The lowest BCUT2D eigenvalue weighted by Gasteiger charge is -2.28. The Morgan fingerprint density at radius 3 is 3.11 bits per heavy atom. The molecule has 2 heterocycles. The van der Waals surface area contributed by atoms with Crippen LogP contribution >= 0.6 is 11.3 Å². The summed E-state index contributed by atoms with van der Waals surface area (Å²) in [5.74, 6) is -0.0686. The second kappa shape index (κ2) is 6.47.